The summed E-state index contributed by atoms with van der Waals surface area (Å²) in [4.78, 5) is 16.1. The second-order valence-electron chi connectivity index (χ2n) is 4.23. The second kappa shape index (κ2) is 4.72. The Hall–Kier alpha value is -1.26. The van der Waals surface area contributed by atoms with E-state index in [1.807, 2.05) is 12.1 Å². The molecule has 2 heterocycles. The van der Waals surface area contributed by atoms with Crippen molar-refractivity contribution in [3.8, 4) is 0 Å². The number of ether oxygens (including phenoxy) is 1. The van der Waals surface area contributed by atoms with Crippen molar-refractivity contribution in [3.63, 3.8) is 0 Å². The molecule has 0 amide bonds. The fraction of sp³-hybridized carbons (Fsp3) is 0.500. The van der Waals surface area contributed by atoms with Gasteiger partial charge in [0.25, 0.3) is 0 Å². The van der Waals surface area contributed by atoms with Crippen LogP contribution in [0.2, 0.25) is 0 Å². The molecule has 1 aromatic heterocycles. The number of nitrogens with zero attached hydrogens (tertiary/aromatic N) is 1. The lowest BCUT2D eigenvalue weighted by Gasteiger charge is -2.31. The molecule has 0 bridgehead atoms. The van der Waals surface area contributed by atoms with Crippen LogP contribution < -0.4 is 5.73 Å². The maximum absolute atomic E-state index is 12.1. The SMILES string of the molecule is NC1(C(=O)Cc2cccnc2)CCOCC1. The summed E-state index contributed by atoms with van der Waals surface area (Å²) in [5.74, 6) is 0.0869. The monoisotopic (exact) mass is 220 g/mol. The molecule has 86 valence electrons. The Bertz CT molecular complexity index is 359. The smallest absolute Gasteiger partial charge is 0.157 e. The number of pyridine rings is 1. The van der Waals surface area contributed by atoms with Crippen molar-refractivity contribution in [1.29, 1.82) is 0 Å². The largest absolute Gasteiger partial charge is 0.381 e. The van der Waals surface area contributed by atoms with Crippen LogP contribution in [0.1, 0.15) is 18.4 Å². The van der Waals surface area contributed by atoms with E-state index in [0.717, 1.165) is 5.56 Å². The highest BCUT2D eigenvalue weighted by atomic mass is 16.5. The van der Waals surface area contributed by atoms with Crippen LogP contribution >= 0.6 is 0 Å². The van der Waals surface area contributed by atoms with Gasteiger partial charge in [-0.25, -0.2) is 0 Å². The molecule has 0 unspecified atom stereocenters. The average Bonchev–Trinajstić information content (AvgIpc) is 2.31. The summed E-state index contributed by atoms with van der Waals surface area (Å²) in [6.07, 6.45) is 5.00. The van der Waals surface area contributed by atoms with Gasteiger partial charge in [-0.2, -0.15) is 0 Å². The molecule has 0 spiro atoms. The lowest BCUT2D eigenvalue weighted by molar-refractivity contribution is -0.126. The number of carbonyl (C=O) groups is 1. The Morgan fingerprint density at radius 2 is 2.25 bits per heavy atom. The van der Waals surface area contributed by atoms with Crippen molar-refractivity contribution in [2.75, 3.05) is 13.2 Å². The van der Waals surface area contributed by atoms with E-state index in [9.17, 15) is 4.79 Å². The standard InChI is InChI=1S/C12H16N2O2/c13-12(3-6-16-7-4-12)11(15)8-10-2-1-5-14-9-10/h1-2,5,9H,3-4,6-8,13H2. The molecule has 1 fully saturated rings. The number of rotatable bonds is 3. The number of carbonyl (C=O) groups excluding carboxylic acids is 1. The predicted molar refractivity (Wildman–Crippen MR) is 59.9 cm³/mol. The van der Waals surface area contributed by atoms with E-state index in [0.29, 0.717) is 32.5 Å². The van der Waals surface area contributed by atoms with Crippen molar-refractivity contribution in [3.05, 3.63) is 30.1 Å². The van der Waals surface area contributed by atoms with Crippen LogP contribution in [0.5, 0.6) is 0 Å². The minimum atomic E-state index is -0.700. The van der Waals surface area contributed by atoms with Crippen LogP contribution in [-0.4, -0.2) is 29.5 Å². The van der Waals surface area contributed by atoms with E-state index in [4.69, 9.17) is 10.5 Å². The zero-order chi connectivity index (χ0) is 11.4. The molecule has 0 saturated carbocycles. The van der Waals surface area contributed by atoms with Gasteiger partial charge in [0.1, 0.15) is 0 Å². The van der Waals surface area contributed by atoms with Crippen molar-refractivity contribution >= 4 is 5.78 Å². The van der Waals surface area contributed by atoms with Gasteiger partial charge >= 0.3 is 0 Å². The van der Waals surface area contributed by atoms with Crippen molar-refractivity contribution in [2.24, 2.45) is 5.73 Å². The molecule has 4 nitrogen and oxygen atoms in total. The molecule has 0 radical (unpaired) electrons. The highest BCUT2D eigenvalue weighted by Gasteiger charge is 2.35. The number of Topliss-reactive ketones (excluding diaryl/α,β-unsaturated/α-hetero) is 1. The summed E-state index contributed by atoms with van der Waals surface area (Å²) in [5, 5.41) is 0. The van der Waals surface area contributed by atoms with Crippen LogP contribution in [0.3, 0.4) is 0 Å². The molecule has 1 aromatic rings. The number of aromatic nitrogens is 1. The van der Waals surface area contributed by atoms with Gasteiger partial charge in [0.2, 0.25) is 0 Å². The molecule has 1 aliphatic rings. The van der Waals surface area contributed by atoms with Crippen molar-refractivity contribution in [2.45, 2.75) is 24.8 Å². The summed E-state index contributed by atoms with van der Waals surface area (Å²) in [7, 11) is 0. The van der Waals surface area contributed by atoms with E-state index < -0.39 is 5.54 Å². The van der Waals surface area contributed by atoms with E-state index in [1.54, 1.807) is 12.4 Å². The Morgan fingerprint density at radius 3 is 2.88 bits per heavy atom. The van der Waals surface area contributed by atoms with Crippen LogP contribution in [0.15, 0.2) is 24.5 Å². The Kier molecular flexibility index (Phi) is 3.31. The lowest BCUT2D eigenvalue weighted by Crippen LogP contribution is -2.52. The first kappa shape index (κ1) is 11.2. The van der Waals surface area contributed by atoms with E-state index in [1.165, 1.54) is 0 Å². The summed E-state index contributed by atoms with van der Waals surface area (Å²) in [6.45, 7) is 1.16. The molecular weight excluding hydrogens is 204 g/mol. The summed E-state index contributed by atoms with van der Waals surface area (Å²) in [5.41, 5.74) is 6.32. The second-order valence-corrected chi connectivity index (χ2v) is 4.23. The Balaban J connectivity index is 2.02. The fourth-order valence-electron chi connectivity index (χ4n) is 1.88. The van der Waals surface area contributed by atoms with Gasteiger partial charge in [0, 0.05) is 32.0 Å². The van der Waals surface area contributed by atoms with Gasteiger partial charge in [-0.1, -0.05) is 6.07 Å². The van der Waals surface area contributed by atoms with E-state index >= 15 is 0 Å². The highest BCUT2D eigenvalue weighted by molar-refractivity contribution is 5.90. The summed E-state index contributed by atoms with van der Waals surface area (Å²) < 4.78 is 5.22. The highest BCUT2D eigenvalue weighted by Crippen LogP contribution is 2.20. The molecule has 2 N–H and O–H groups in total. The summed E-state index contributed by atoms with van der Waals surface area (Å²) >= 11 is 0. The molecule has 0 aliphatic carbocycles. The summed E-state index contributed by atoms with van der Waals surface area (Å²) in [6, 6.07) is 3.73. The minimum Gasteiger partial charge on any atom is -0.381 e. The van der Waals surface area contributed by atoms with Gasteiger partial charge in [-0.3, -0.25) is 9.78 Å². The van der Waals surface area contributed by atoms with Gasteiger partial charge in [-0.15, -0.1) is 0 Å². The van der Waals surface area contributed by atoms with Crippen LogP contribution in [0.4, 0.5) is 0 Å². The normalized spacial score (nSPS) is 19.3. The molecule has 16 heavy (non-hydrogen) atoms. The first-order valence-electron chi connectivity index (χ1n) is 5.49. The third-order valence-electron chi connectivity index (χ3n) is 3.03. The fourth-order valence-corrected chi connectivity index (χ4v) is 1.88. The zero-order valence-electron chi connectivity index (χ0n) is 9.19. The number of hydrogen-bond donors (Lipinski definition) is 1. The van der Waals surface area contributed by atoms with Gasteiger partial charge in [0.05, 0.1) is 5.54 Å². The average molecular weight is 220 g/mol. The van der Waals surface area contributed by atoms with Crippen LogP contribution in [-0.2, 0) is 16.0 Å². The predicted octanol–water partition coefficient (Wildman–Crippen LogP) is 0.701. The Morgan fingerprint density at radius 1 is 1.50 bits per heavy atom. The van der Waals surface area contributed by atoms with Gasteiger partial charge < -0.3 is 10.5 Å². The van der Waals surface area contributed by atoms with Crippen LogP contribution in [0.25, 0.3) is 0 Å². The molecule has 2 rings (SSSR count). The third-order valence-corrected chi connectivity index (χ3v) is 3.03. The first-order valence-corrected chi connectivity index (χ1v) is 5.49. The van der Waals surface area contributed by atoms with E-state index in [2.05, 4.69) is 4.98 Å². The van der Waals surface area contributed by atoms with Crippen LogP contribution in [0, 0.1) is 0 Å². The zero-order valence-corrected chi connectivity index (χ0v) is 9.19. The molecule has 0 aromatic carbocycles. The molecule has 0 atom stereocenters. The number of hydrogen-bond acceptors (Lipinski definition) is 4. The van der Waals surface area contributed by atoms with Gasteiger partial charge in [0.15, 0.2) is 5.78 Å². The topological polar surface area (TPSA) is 65.2 Å². The van der Waals surface area contributed by atoms with Crippen molar-refractivity contribution < 1.29 is 9.53 Å². The number of nitrogens with two attached hydrogens (primary N) is 1. The van der Waals surface area contributed by atoms with Gasteiger partial charge in [-0.05, 0) is 24.5 Å². The maximum atomic E-state index is 12.1. The number of ketones is 1. The molecular formula is C12H16N2O2. The first-order chi connectivity index (χ1) is 7.71. The lowest BCUT2D eigenvalue weighted by atomic mass is 9.84. The Labute approximate surface area is 94.8 Å². The molecule has 1 aliphatic heterocycles. The maximum Gasteiger partial charge on any atom is 0.157 e. The molecule has 4 heteroatoms. The van der Waals surface area contributed by atoms with Crippen molar-refractivity contribution in [1.82, 2.24) is 4.98 Å². The minimum absolute atomic E-state index is 0.0869. The molecule has 1 saturated heterocycles. The van der Waals surface area contributed by atoms with E-state index in [-0.39, 0.29) is 5.78 Å². The third kappa shape index (κ3) is 2.46. The quantitative estimate of drug-likeness (QED) is 0.814.